The fourth-order valence-corrected chi connectivity index (χ4v) is 3.44. The Bertz CT molecular complexity index is 1020. The van der Waals surface area contributed by atoms with Gasteiger partial charge in [-0.3, -0.25) is 19.3 Å². The molecule has 8 heteroatoms. The molecule has 3 aromatic heterocycles. The minimum absolute atomic E-state index is 0.123. The van der Waals surface area contributed by atoms with E-state index in [9.17, 15) is 9.59 Å². The zero-order chi connectivity index (χ0) is 16.8. The zero-order valence-electron chi connectivity index (χ0n) is 13.6. The molecule has 1 atom stereocenters. The van der Waals surface area contributed by atoms with Gasteiger partial charge in [0.2, 0.25) is 5.95 Å². The van der Waals surface area contributed by atoms with Crippen molar-refractivity contribution in [3.63, 3.8) is 0 Å². The van der Waals surface area contributed by atoms with Crippen LogP contribution in [-0.4, -0.2) is 30.6 Å². The van der Waals surface area contributed by atoms with Gasteiger partial charge in [-0.1, -0.05) is 6.07 Å². The van der Waals surface area contributed by atoms with Gasteiger partial charge in [-0.25, -0.2) is 4.79 Å². The standard InChI is InChI=1S/C16H18N6O2/c1-20-12-13(21(2)16(24)19-14(12)23)18-15(20)22-9-5-7-11(22)10-6-3-4-8-17-10/h3-4,6,8,11H,5,7,9H2,1-2H3,(H,19,23,24). The Morgan fingerprint density at radius 2 is 2.04 bits per heavy atom. The predicted molar refractivity (Wildman–Crippen MR) is 90.1 cm³/mol. The van der Waals surface area contributed by atoms with E-state index < -0.39 is 11.2 Å². The number of fused-ring (bicyclic) bond motifs is 1. The minimum Gasteiger partial charge on any atom is -0.334 e. The highest BCUT2D eigenvalue weighted by Crippen LogP contribution is 2.35. The van der Waals surface area contributed by atoms with E-state index in [-0.39, 0.29) is 6.04 Å². The number of aromatic nitrogens is 5. The van der Waals surface area contributed by atoms with Gasteiger partial charge in [0.1, 0.15) is 0 Å². The molecule has 3 aromatic rings. The van der Waals surface area contributed by atoms with E-state index in [2.05, 4.69) is 19.9 Å². The molecule has 0 amide bonds. The predicted octanol–water partition coefficient (Wildman–Crippen LogP) is 0.697. The highest BCUT2D eigenvalue weighted by atomic mass is 16.2. The molecule has 1 fully saturated rings. The van der Waals surface area contributed by atoms with Crippen molar-refractivity contribution in [3.8, 4) is 0 Å². The van der Waals surface area contributed by atoms with Crippen molar-refractivity contribution in [1.29, 1.82) is 0 Å². The highest BCUT2D eigenvalue weighted by molar-refractivity contribution is 5.74. The van der Waals surface area contributed by atoms with Gasteiger partial charge in [0.15, 0.2) is 11.2 Å². The Labute approximate surface area is 137 Å². The number of H-pyrrole nitrogens is 1. The maximum Gasteiger partial charge on any atom is 0.329 e. The summed E-state index contributed by atoms with van der Waals surface area (Å²) in [5.41, 5.74) is 0.916. The van der Waals surface area contributed by atoms with E-state index >= 15 is 0 Å². The van der Waals surface area contributed by atoms with Gasteiger partial charge < -0.3 is 9.47 Å². The van der Waals surface area contributed by atoms with Crippen LogP contribution in [0.15, 0.2) is 34.0 Å². The van der Waals surface area contributed by atoms with Crippen LogP contribution in [0, 0.1) is 0 Å². The lowest BCUT2D eigenvalue weighted by Crippen LogP contribution is -2.29. The van der Waals surface area contributed by atoms with Crippen LogP contribution in [0.1, 0.15) is 24.6 Å². The normalized spacial score (nSPS) is 17.8. The number of aryl methyl sites for hydroxylation is 2. The average molecular weight is 326 g/mol. The Kier molecular flexibility index (Phi) is 3.26. The third kappa shape index (κ3) is 2.06. The van der Waals surface area contributed by atoms with Gasteiger partial charge in [0, 0.05) is 26.8 Å². The lowest BCUT2D eigenvalue weighted by Gasteiger charge is -2.25. The van der Waals surface area contributed by atoms with Gasteiger partial charge in [-0.15, -0.1) is 0 Å². The van der Waals surface area contributed by atoms with Crippen LogP contribution in [0.5, 0.6) is 0 Å². The maximum absolute atomic E-state index is 12.2. The lowest BCUT2D eigenvalue weighted by molar-refractivity contribution is 0.669. The Morgan fingerprint density at radius 3 is 2.79 bits per heavy atom. The molecule has 124 valence electrons. The summed E-state index contributed by atoms with van der Waals surface area (Å²) in [4.78, 5) is 37.6. The van der Waals surface area contributed by atoms with Gasteiger partial charge in [-0.2, -0.15) is 4.98 Å². The summed E-state index contributed by atoms with van der Waals surface area (Å²) in [6, 6.07) is 6.00. The molecular weight excluding hydrogens is 308 g/mol. The fraction of sp³-hybridized carbons (Fsp3) is 0.375. The second-order valence-electron chi connectivity index (χ2n) is 6.07. The van der Waals surface area contributed by atoms with Crippen LogP contribution in [0.25, 0.3) is 11.2 Å². The van der Waals surface area contributed by atoms with E-state index in [1.165, 1.54) is 4.57 Å². The first kappa shape index (κ1) is 14.7. The summed E-state index contributed by atoms with van der Waals surface area (Å²) in [5.74, 6) is 0.685. The molecule has 0 spiro atoms. The van der Waals surface area contributed by atoms with Gasteiger partial charge in [-0.05, 0) is 25.0 Å². The molecule has 0 radical (unpaired) electrons. The van der Waals surface area contributed by atoms with Gasteiger partial charge >= 0.3 is 5.69 Å². The molecule has 1 aliphatic rings. The molecule has 1 unspecified atom stereocenters. The van der Waals surface area contributed by atoms with Crippen LogP contribution in [-0.2, 0) is 14.1 Å². The average Bonchev–Trinajstić information content (AvgIpc) is 3.18. The number of aromatic amines is 1. The summed E-state index contributed by atoms with van der Waals surface area (Å²) in [6.45, 7) is 0.838. The number of imidazole rings is 1. The third-order valence-electron chi connectivity index (χ3n) is 4.65. The summed E-state index contributed by atoms with van der Waals surface area (Å²) < 4.78 is 3.13. The molecular formula is C16H18N6O2. The zero-order valence-corrected chi connectivity index (χ0v) is 13.6. The first-order valence-corrected chi connectivity index (χ1v) is 7.91. The third-order valence-corrected chi connectivity index (χ3v) is 4.65. The Hall–Kier alpha value is -2.90. The molecule has 1 saturated heterocycles. The first-order chi connectivity index (χ1) is 11.6. The molecule has 1 aliphatic heterocycles. The van der Waals surface area contributed by atoms with Crippen LogP contribution in [0.2, 0.25) is 0 Å². The maximum atomic E-state index is 12.2. The largest absolute Gasteiger partial charge is 0.334 e. The summed E-state index contributed by atoms with van der Waals surface area (Å²) in [7, 11) is 3.41. The second-order valence-corrected chi connectivity index (χ2v) is 6.07. The molecule has 4 heterocycles. The number of anilines is 1. The smallest absolute Gasteiger partial charge is 0.329 e. The number of hydrogen-bond acceptors (Lipinski definition) is 5. The first-order valence-electron chi connectivity index (χ1n) is 7.91. The molecule has 4 rings (SSSR count). The number of nitrogens with one attached hydrogen (secondary N) is 1. The molecule has 8 nitrogen and oxygen atoms in total. The van der Waals surface area contributed by atoms with E-state index in [0.29, 0.717) is 17.1 Å². The van der Waals surface area contributed by atoms with E-state index in [4.69, 9.17) is 0 Å². The molecule has 0 aliphatic carbocycles. The number of nitrogens with zero attached hydrogens (tertiary/aromatic N) is 5. The molecule has 24 heavy (non-hydrogen) atoms. The van der Waals surface area contributed by atoms with Crippen LogP contribution in [0.4, 0.5) is 5.95 Å². The molecule has 0 bridgehead atoms. The van der Waals surface area contributed by atoms with Crippen molar-refractivity contribution >= 4 is 17.1 Å². The SMILES string of the molecule is Cn1c(N2CCCC2c2ccccn2)nc2c1c(=O)[nH]c(=O)n2C. The van der Waals surface area contributed by atoms with E-state index in [0.717, 1.165) is 25.1 Å². The van der Waals surface area contributed by atoms with Crippen molar-refractivity contribution < 1.29 is 0 Å². The molecule has 0 saturated carbocycles. The monoisotopic (exact) mass is 326 g/mol. The minimum atomic E-state index is -0.458. The van der Waals surface area contributed by atoms with Gasteiger partial charge in [0.05, 0.1) is 11.7 Å². The number of hydrogen-bond donors (Lipinski definition) is 1. The molecule has 1 N–H and O–H groups in total. The Balaban J connectivity index is 1.89. The van der Waals surface area contributed by atoms with E-state index in [1.54, 1.807) is 24.9 Å². The second kappa shape index (κ2) is 5.33. The topological polar surface area (TPSA) is 88.8 Å². The summed E-state index contributed by atoms with van der Waals surface area (Å²) in [6.07, 6.45) is 3.80. The molecule has 0 aromatic carbocycles. The summed E-state index contributed by atoms with van der Waals surface area (Å²) in [5, 5.41) is 0. The van der Waals surface area contributed by atoms with Crippen molar-refractivity contribution in [3.05, 3.63) is 50.9 Å². The number of rotatable bonds is 2. The van der Waals surface area contributed by atoms with Gasteiger partial charge in [0.25, 0.3) is 5.56 Å². The Morgan fingerprint density at radius 1 is 1.21 bits per heavy atom. The van der Waals surface area contributed by atoms with Crippen LogP contribution in [0.3, 0.4) is 0 Å². The van der Waals surface area contributed by atoms with E-state index in [1.807, 2.05) is 18.2 Å². The van der Waals surface area contributed by atoms with Crippen molar-refractivity contribution in [2.75, 3.05) is 11.4 Å². The van der Waals surface area contributed by atoms with Crippen molar-refractivity contribution in [1.82, 2.24) is 24.1 Å². The highest BCUT2D eigenvalue weighted by Gasteiger charge is 2.31. The van der Waals surface area contributed by atoms with Crippen molar-refractivity contribution in [2.24, 2.45) is 14.1 Å². The lowest BCUT2D eigenvalue weighted by atomic mass is 10.1. The van der Waals surface area contributed by atoms with Crippen molar-refractivity contribution in [2.45, 2.75) is 18.9 Å². The number of pyridine rings is 1. The summed E-state index contributed by atoms with van der Waals surface area (Å²) >= 11 is 0. The van der Waals surface area contributed by atoms with Crippen LogP contribution < -0.4 is 16.1 Å². The van der Waals surface area contributed by atoms with Crippen LogP contribution >= 0.6 is 0 Å². The fourth-order valence-electron chi connectivity index (χ4n) is 3.44. The quantitative estimate of drug-likeness (QED) is 0.749.